The van der Waals surface area contributed by atoms with Crippen LogP contribution in [0.2, 0.25) is 0 Å². The number of nitro benzene ring substituents is 1. The van der Waals surface area contributed by atoms with Gasteiger partial charge in [-0.15, -0.1) is 0 Å². The maximum Gasteiger partial charge on any atom is 0.270 e. The summed E-state index contributed by atoms with van der Waals surface area (Å²) in [5, 5.41) is 13.0. The van der Waals surface area contributed by atoms with Crippen LogP contribution in [0.5, 0.6) is 0 Å². The van der Waals surface area contributed by atoms with Crippen LogP contribution in [-0.4, -0.2) is 15.3 Å². The van der Waals surface area contributed by atoms with Crippen LogP contribution >= 0.6 is 0 Å². The third-order valence-corrected chi connectivity index (χ3v) is 6.20. The molecule has 28 heavy (non-hydrogen) atoms. The first-order valence-electron chi connectivity index (χ1n) is 10.3. The van der Waals surface area contributed by atoms with E-state index < -0.39 is 0 Å². The van der Waals surface area contributed by atoms with E-state index in [-0.39, 0.29) is 16.4 Å². The highest BCUT2D eigenvalue weighted by molar-refractivity contribution is 6.11. The van der Waals surface area contributed by atoms with Gasteiger partial charge >= 0.3 is 0 Å². The molecule has 0 saturated heterocycles. The van der Waals surface area contributed by atoms with E-state index in [9.17, 15) is 14.9 Å². The van der Waals surface area contributed by atoms with Gasteiger partial charge in [-0.3, -0.25) is 14.9 Å². The molecular formula is C23H26N2O3. The van der Waals surface area contributed by atoms with Gasteiger partial charge in [-0.2, -0.15) is 0 Å². The number of ketones is 1. The fraction of sp³-hybridized carbons (Fsp3) is 0.435. The quantitative estimate of drug-likeness (QED) is 0.289. The summed E-state index contributed by atoms with van der Waals surface area (Å²) in [5.41, 5.74) is 2.78. The van der Waals surface area contributed by atoms with E-state index in [4.69, 9.17) is 0 Å². The van der Waals surface area contributed by atoms with Gasteiger partial charge in [0.15, 0.2) is 5.78 Å². The number of hydrogen-bond acceptors (Lipinski definition) is 3. The molecule has 0 radical (unpaired) electrons. The van der Waals surface area contributed by atoms with Crippen molar-refractivity contribution in [2.24, 2.45) is 5.92 Å². The summed E-state index contributed by atoms with van der Waals surface area (Å²) >= 11 is 0. The minimum Gasteiger partial charge on any atom is -0.341 e. The van der Waals surface area contributed by atoms with Crippen molar-refractivity contribution in [2.45, 2.75) is 58.4 Å². The number of nitro groups is 1. The highest BCUT2D eigenvalue weighted by Crippen LogP contribution is 2.33. The Hall–Kier alpha value is -2.69. The molecule has 5 heteroatoms. The average Bonchev–Trinajstić information content (AvgIpc) is 3.04. The van der Waals surface area contributed by atoms with Crippen LogP contribution in [0.3, 0.4) is 0 Å². The third-order valence-electron chi connectivity index (χ3n) is 6.20. The summed E-state index contributed by atoms with van der Waals surface area (Å²) in [6.45, 7) is 2.83. The number of fused-ring (bicyclic) bond motifs is 3. The Morgan fingerprint density at radius 1 is 1.07 bits per heavy atom. The van der Waals surface area contributed by atoms with Gasteiger partial charge in [-0.1, -0.05) is 32.1 Å². The molecule has 0 spiro atoms. The summed E-state index contributed by atoms with van der Waals surface area (Å²) in [7, 11) is 0. The van der Waals surface area contributed by atoms with Crippen molar-refractivity contribution in [3.05, 3.63) is 52.1 Å². The van der Waals surface area contributed by atoms with Crippen LogP contribution in [0.25, 0.3) is 21.8 Å². The molecule has 0 atom stereocenters. The lowest BCUT2D eigenvalue weighted by Crippen LogP contribution is -2.09. The fourth-order valence-corrected chi connectivity index (χ4v) is 4.68. The lowest BCUT2D eigenvalue weighted by atomic mass is 9.85. The Bertz CT molecular complexity index is 1040. The number of carbonyl (C=O) groups is 1. The Balaban J connectivity index is 1.68. The molecule has 1 aromatic heterocycles. The van der Waals surface area contributed by atoms with Gasteiger partial charge in [-0.25, -0.2) is 0 Å². The summed E-state index contributed by atoms with van der Waals surface area (Å²) in [6.07, 6.45) is 7.97. The molecule has 0 amide bonds. The van der Waals surface area contributed by atoms with E-state index in [1.54, 1.807) is 12.1 Å². The number of benzene rings is 2. The smallest absolute Gasteiger partial charge is 0.270 e. The molecule has 1 saturated carbocycles. The van der Waals surface area contributed by atoms with Gasteiger partial charge in [-0.05, 0) is 43.5 Å². The average molecular weight is 378 g/mol. The minimum atomic E-state index is -0.367. The number of carbonyl (C=O) groups excluding carboxylic acids is 1. The molecule has 1 fully saturated rings. The molecule has 1 heterocycles. The highest BCUT2D eigenvalue weighted by atomic mass is 16.6. The lowest BCUT2D eigenvalue weighted by Gasteiger charge is -2.20. The lowest BCUT2D eigenvalue weighted by molar-refractivity contribution is -0.384. The first-order valence-corrected chi connectivity index (χ1v) is 10.3. The van der Waals surface area contributed by atoms with Crippen molar-refractivity contribution >= 4 is 33.3 Å². The Kier molecular flexibility index (Phi) is 5.16. The van der Waals surface area contributed by atoms with Crippen LogP contribution in [0.1, 0.15) is 62.2 Å². The van der Waals surface area contributed by atoms with Crippen molar-refractivity contribution in [1.82, 2.24) is 4.57 Å². The van der Waals surface area contributed by atoms with Crippen molar-refractivity contribution in [1.29, 1.82) is 0 Å². The second-order valence-electron chi connectivity index (χ2n) is 7.90. The summed E-state index contributed by atoms with van der Waals surface area (Å²) in [4.78, 5) is 23.6. The number of nitrogens with zero attached hydrogens (tertiary/aromatic N) is 2. The van der Waals surface area contributed by atoms with Gasteiger partial charge in [0.05, 0.1) is 4.92 Å². The number of rotatable bonds is 6. The predicted molar refractivity (Wildman–Crippen MR) is 112 cm³/mol. The number of aromatic nitrogens is 1. The van der Waals surface area contributed by atoms with E-state index in [1.165, 1.54) is 32.1 Å². The molecule has 0 aliphatic heterocycles. The SMILES string of the molecule is CCn1c2ccc(C(=O)CCC3CCCCC3)cc2c2cc([N+](=O)[O-])ccc21. The standard InChI is InChI=1S/C23H26N2O3/c1-2-24-21-11-9-17(23(26)13-8-16-6-4-3-5-7-16)14-19(21)20-15-18(25(27)28)10-12-22(20)24/h9-12,14-16H,2-8,13H2,1H3. The maximum absolute atomic E-state index is 12.8. The molecule has 0 bridgehead atoms. The van der Waals surface area contributed by atoms with Gasteiger partial charge in [0.2, 0.25) is 0 Å². The Morgan fingerprint density at radius 3 is 2.43 bits per heavy atom. The van der Waals surface area contributed by atoms with Gasteiger partial charge < -0.3 is 4.57 Å². The number of aryl methyl sites for hydroxylation is 1. The maximum atomic E-state index is 12.8. The molecule has 4 rings (SSSR count). The Morgan fingerprint density at radius 2 is 1.75 bits per heavy atom. The fourth-order valence-electron chi connectivity index (χ4n) is 4.68. The molecule has 5 nitrogen and oxygen atoms in total. The van der Waals surface area contributed by atoms with Crippen LogP contribution in [-0.2, 0) is 6.54 Å². The molecule has 2 aromatic carbocycles. The van der Waals surface area contributed by atoms with Crippen molar-refractivity contribution in [3.63, 3.8) is 0 Å². The highest BCUT2D eigenvalue weighted by Gasteiger charge is 2.18. The van der Waals surface area contributed by atoms with E-state index in [1.807, 2.05) is 24.3 Å². The molecule has 146 valence electrons. The predicted octanol–water partition coefficient (Wildman–Crippen LogP) is 6.27. The van der Waals surface area contributed by atoms with E-state index >= 15 is 0 Å². The molecular weight excluding hydrogens is 352 g/mol. The van der Waals surface area contributed by atoms with Gasteiger partial charge in [0.1, 0.15) is 0 Å². The van der Waals surface area contributed by atoms with Crippen LogP contribution < -0.4 is 0 Å². The van der Waals surface area contributed by atoms with Crippen LogP contribution in [0.15, 0.2) is 36.4 Å². The monoisotopic (exact) mass is 378 g/mol. The normalized spacial score (nSPS) is 15.3. The molecule has 0 unspecified atom stereocenters. The molecule has 1 aliphatic rings. The molecule has 0 N–H and O–H groups in total. The number of Topliss-reactive ketones (excluding diaryl/α,β-unsaturated/α-hetero) is 1. The van der Waals surface area contributed by atoms with Crippen molar-refractivity contribution in [3.8, 4) is 0 Å². The third kappa shape index (κ3) is 3.41. The van der Waals surface area contributed by atoms with Crippen molar-refractivity contribution < 1.29 is 9.72 Å². The largest absolute Gasteiger partial charge is 0.341 e. The minimum absolute atomic E-state index is 0.0803. The summed E-state index contributed by atoms with van der Waals surface area (Å²) in [6, 6.07) is 10.8. The number of non-ortho nitro benzene ring substituents is 1. The van der Waals surface area contributed by atoms with Crippen molar-refractivity contribution in [2.75, 3.05) is 0 Å². The zero-order chi connectivity index (χ0) is 19.7. The van der Waals surface area contributed by atoms with E-state index in [0.717, 1.165) is 34.8 Å². The zero-order valence-electron chi connectivity index (χ0n) is 16.3. The molecule has 1 aliphatic carbocycles. The second kappa shape index (κ2) is 7.74. The second-order valence-corrected chi connectivity index (χ2v) is 7.90. The first kappa shape index (κ1) is 18.7. The Labute approximate surface area is 164 Å². The van der Waals surface area contributed by atoms with Crippen LogP contribution in [0.4, 0.5) is 5.69 Å². The first-order chi connectivity index (χ1) is 13.6. The van der Waals surface area contributed by atoms with Gasteiger partial charge in [0, 0.05) is 52.5 Å². The number of hydrogen-bond donors (Lipinski definition) is 0. The van der Waals surface area contributed by atoms with E-state index in [0.29, 0.717) is 17.9 Å². The van der Waals surface area contributed by atoms with Crippen LogP contribution in [0, 0.1) is 16.0 Å². The van der Waals surface area contributed by atoms with E-state index in [2.05, 4.69) is 11.5 Å². The van der Waals surface area contributed by atoms with Gasteiger partial charge in [0.25, 0.3) is 5.69 Å². The molecule has 3 aromatic rings. The summed E-state index contributed by atoms with van der Waals surface area (Å²) in [5.74, 6) is 0.862. The topological polar surface area (TPSA) is 65.1 Å². The summed E-state index contributed by atoms with van der Waals surface area (Å²) < 4.78 is 2.14. The zero-order valence-corrected chi connectivity index (χ0v) is 16.3.